The Labute approximate surface area is 79.7 Å². The first kappa shape index (κ1) is 10.7. The molecule has 0 radical (unpaired) electrons. The maximum atomic E-state index is 11.6. The third kappa shape index (κ3) is 2.79. The van der Waals surface area contributed by atoms with Gasteiger partial charge in [-0.3, -0.25) is 0 Å². The molecule has 0 saturated carbocycles. The highest BCUT2D eigenvalue weighted by atomic mass is 32.2. The first-order valence-corrected chi connectivity index (χ1v) is 5.99. The molecule has 0 aromatic rings. The Bertz CT molecular complexity index is 274. The van der Waals surface area contributed by atoms with Gasteiger partial charge in [-0.1, -0.05) is 6.08 Å². The van der Waals surface area contributed by atoms with Crippen molar-refractivity contribution in [1.82, 2.24) is 9.62 Å². The van der Waals surface area contributed by atoms with Crippen molar-refractivity contribution in [3.05, 3.63) is 12.7 Å². The first-order chi connectivity index (χ1) is 6.06. The minimum Gasteiger partial charge on any atom is -0.312 e. The highest BCUT2D eigenvalue weighted by Gasteiger charge is 2.25. The van der Waals surface area contributed by atoms with Gasteiger partial charge in [0, 0.05) is 25.7 Å². The molecule has 1 N–H and O–H groups in total. The summed E-state index contributed by atoms with van der Waals surface area (Å²) >= 11 is 0. The van der Waals surface area contributed by atoms with Crippen molar-refractivity contribution < 1.29 is 8.42 Å². The summed E-state index contributed by atoms with van der Waals surface area (Å²) in [7, 11) is -3.09. The van der Waals surface area contributed by atoms with Crippen molar-refractivity contribution in [1.29, 1.82) is 0 Å². The molecular formula is C8H16N2O2S. The highest BCUT2D eigenvalue weighted by molar-refractivity contribution is 7.89. The van der Waals surface area contributed by atoms with Crippen LogP contribution >= 0.6 is 0 Å². The van der Waals surface area contributed by atoms with Crippen LogP contribution in [0.3, 0.4) is 0 Å². The molecule has 1 unspecified atom stereocenters. The molecule has 1 aliphatic heterocycles. The molecule has 0 spiro atoms. The minimum atomic E-state index is -3.09. The van der Waals surface area contributed by atoms with E-state index in [0.717, 1.165) is 6.54 Å². The van der Waals surface area contributed by atoms with E-state index in [0.29, 0.717) is 13.1 Å². The van der Waals surface area contributed by atoms with E-state index in [4.69, 9.17) is 0 Å². The molecule has 0 amide bonds. The summed E-state index contributed by atoms with van der Waals surface area (Å²) in [6.45, 7) is 7.29. The van der Waals surface area contributed by atoms with Crippen LogP contribution in [-0.4, -0.2) is 44.2 Å². The van der Waals surface area contributed by atoms with E-state index < -0.39 is 10.0 Å². The zero-order valence-corrected chi connectivity index (χ0v) is 8.68. The molecule has 1 atom stereocenters. The Hall–Kier alpha value is -0.390. The van der Waals surface area contributed by atoms with Crippen LogP contribution in [0, 0.1) is 0 Å². The largest absolute Gasteiger partial charge is 0.312 e. The molecule has 1 heterocycles. The monoisotopic (exact) mass is 204 g/mol. The van der Waals surface area contributed by atoms with Crippen LogP contribution in [0.15, 0.2) is 12.7 Å². The van der Waals surface area contributed by atoms with Crippen molar-refractivity contribution in [2.75, 3.05) is 25.4 Å². The third-order valence-electron chi connectivity index (χ3n) is 2.05. The molecule has 76 valence electrons. The van der Waals surface area contributed by atoms with Gasteiger partial charge in [0.05, 0.1) is 5.75 Å². The standard InChI is InChI=1S/C8H16N2O2S/c1-3-6-13(11,12)10-5-4-9-8(2)7-10/h3,8-9H,1,4-7H2,2H3. The molecule has 0 aromatic heterocycles. The van der Waals surface area contributed by atoms with Gasteiger partial charge in [-0.2, -0.15) is 4.31 Å². The average Bonchev–Trinajstić information content (AvgIpc) is 2.04. The molecule has 1 rings (SSSR count). The maximum absolute atomic E-state index is 11.6. The van der Waals surface area contributed by atoms with E-state index >= 15 is 0 Å². The lowest BCUT2D eigenvalue weighted by atomic mass is 10.3. The van der Waals surface area contributed by atoms with Gasteiger partial charge in [0.1, 0.15) is 0 Å². The normalized spacial score (nSPS) is 25.8. The van der Waals surface area contributed by atoms with E-state index in [1.54, 1.807) is 0 Å². The summed E-state index contributed by atoms with van der Waals surface area (Å²) in [5.74, 6) is 0.0414. The molecule has 0 aliphatic carbocycles. The van der Waals surface area contributed by atoms with Crippen molar-refractivity contribution >= 4 is 10.0 Å². The number of hydrogen-bond acceptors (Lipinski definition) is 3. The Morgan fingerprint density at radius 3 is 2.92 bits per heavy atom. The third-order valence-corrected chi connectivity index (χ3v) is 3.83. The first-order valence-electron chi connectivity index (χ1n) is 4.38. The number of piperazine rings is 1. The fraction of sp³-hybridized carbons (Fsp3) is 0.750. The molecule has 1 saturated heterocycles. The van der Waals surface area contributed by atoms with Gasteiger partial charge < -0.3 is 5.32 Å². The van der Waals surface area contributed by atoms with Crippen LogP contribution in [0.25, 0.3) is 0 Å². The van der Waals surface area contributed by atoms with E-state index in [1.165, 1.54) is 10.4 Å². The SMILES string of the molecule is C=CCS(=O)(=O)N1CCNC(C)C1. The molecule has 5 heteroatoms. The summed E-state index contributed by atoms with van der Waals surface area (Å²) < 4.78 is 24.6. The van der Waals surface area contributed by atoms with Gasteiger partial charge in [0.15, 0.2) is 0 Å². The Kier molecular flexibility index (Phi) is 3.47. The zero-order valence-electron chi connectivity index (χ0n) is 7.86. The fourth-order valence-electron chi connectivity index (χ4n) is 1.40. The summed E-state index contributed by atoms with van der Waals surface area (Å²) in [6.07, 6.45) is 1.43. The molecular weight excluding hydrogens is 188 g/mol. The maximum Gasteiger partial charge on any atom is 0.217 e. The predicted octanol–water partition coefficient (Wildman–Crippen LogP) is -0.204. The average molecular weight is 204 g/mol. The summed E-state index contributed by atoms with van der Waals surface area (Å²) in [6, 6.07) is 0.244. The van der Waals surface area contributed by atoms with Crippen molar-refractivity contribution in [3.8, 4) is 0 Å². The van der Waals surface area contributed by atoms with E-state index in [1.807, 2.05) is 6.92 Å². The number of nitrogens with one attached hydrogen (secondary N) is 1. The number of sulfonamides is 1. The predicted molar refractivity (Wildman–Crippen MR) is 53.0 cm³/mol. The van der Waals surface area contributed by atoms with Crippen LogP contribution in [0.4, 0.5) is 0 Å². The zero-order chi connectivity index (χ0) is 9.90. The lowest BCUT2D eigenvalue weighted by Gasteiger charge is -2.30. The van der Waals surface area contributed by atoms with Gasteiger partial charge >= 0.3 is 0 Å². The summed E-state index contributed by atoms with van der Waals surface area (Å²) in [5, 5.41) is 3.19. The van der Waals surface area contributed by atoms with Crippen molar-refractivity contribution in [2.24, 2.45) is 0 Å². The quantitative estimate of drug-likeness (QED) is 0.647. The second-order valence-electron chi connectivity index (χ2n) is 3.28. The van der Waals surface area contributed by atoms with Crippen LogP contribution in [0.1, 0.15) is 6.92 Å². The van der Waals surface area contributed by atoms with E-state index in [2.05, 4.69) is 11.9 Å². The van der Waals surface area contributed by atoms with Crippen LogP contribution in [0.5, 0.6) is 0 Å². The Morgan fingerprint density at radius 2 is 2.38 bits per heavy atom. The summed E-state index contributed by atoms with van der Waals surface area (Å²) in [4.78, 5) is 0. The van der Waals surface area contributed by atoms with Crippen LogP contribution in [-0.2, 0) is 10.0 Å². The van der Waals surface area contributed by atoms with Gasteiger partial charge in [-0.25, -0.2) is 8.42 Å². The van der Waals surface area contributed by atoms with Crippen molar-refractivity contribution in [2.45, 2.75) is 13.0 Å². The number of hydrogen-bond donors (Lipinski definition) is 1. The lowest BCUT2D eigenvalue weighted by molar-refractivity contribution is 0.311. The topological polar surface area (TPSA) is 49.4 Å². The van der Waals surface area contributed by atoms with Crippen LogP contribution < -0.4 is 5.32 Å². The number of rotatable bonds is 3. The molecule has 0 aromatic carbocycles. The van der Waals surface area contributed by atoms with Gasteiger partial charge in [-0.05, 0) is 6.92 Å². The second kappa shape index (κ2) is 4.21. The van der Waals surface area contributed by atoms with Gasteiger partial charge in [-0.15, -0.1) is 6.58 Å². The summed E-state index contributed by atoms with van der Waals surface area (Å²) in [5.41, 5.74) is 0. The Balaban J connectivity index is 2.65. The molecule has 0 bridgehead atoms. The lowest BCUT2D eigenvalue weighted by Crippen LogP contribution is -2.51. The van der Waals surface area contributed by atoms with Crippen molar-refractivity contribution in [3.63, 3.8) is 0 Å². The Morgan fingerprint density at radius 1 is 1.69 bits per heavy atom. The fourth-order valence-corrected chi connectivity index (χ4v) is 2.73. The van der Waals surface area contributed by atoms with E-state index in [-0.39, 0.29) is 11.8 Å². The minimum absolute atomic E-state index is 0.0414. The second-order valence-corrected chi connectivity index (χ2v) is 5.29. The molecule has 13 heavy (non-hydrogen) atoms. The van der Waals surface area contributed by atoms with Gasteiger partial charge in [0.2, 0.25) is 10.0 Å². The van der Waals surface area contributed by atoms with E-state index in [9.17, 15) is 8.42 Å². The van der Waals surface area contributed by atoms with Gasteiger partial charge in [0.25, 0.3) is 0 Å². The molecule has 1 aliphatic rings. The highest BCUT2D eigenvalue weighted by Crippen LogP contribution is 2.06. The van der Waals surface area contributed by atoms with Crippen LogP contribution in [0.2, 0.25) is 0 Å². The molecule has 4 nitrogen and oxygen atoms in total. The smallest absolute Gasteiger partial charge is 0.217 e. The number of nitrogens with zero attached hydrogens (tertiary/aromatic N) is 1. The molecule has 1 fully saturated rings.